The monoisotopic (exact) mass is 208 g/mol. The van der Waals surface area contributed by atoms with Crippen molar-refractivity contribution >= 4 is 0 Å². The molecule has 2 N–H and O–H groups in total. The summed E-state index contributed by atoms with van der Waals surface area (Å²) in [6, 6.07) is 6.31. The van der Waals surface area contributed by atoms with Gasteiger partial charge in [-0.1, -0.05) is 6.07 Å². The summed E-state index contributed by atoms with van der Waals surface area (Å²) in [5.74, 6) is 0.915. The van der Waals surface area contributed by atoms with Gasteiger partial charge in [-0.3, -0.25) is 0 Å². The smallest absolute Gasteiger partial charge is 0.119 e. The molecule has 0 fully saturated rings. The van der Waals surface area contributed by atoms with E-state index in [0.717, 1.165) is 18.7 Å². The van der Waals surface area contributed by atoms with Crippen LogP contribution in [0.4, 0.5) is 0 Å². The number of nitrogens with zero attached hydrogens (tertiary/aromatic N) is 1. The summed E-state index contributed by atoms with van der Waals surface area (Å²) in [5.41, 5.74) is 8.06. The van der Waals surface area contributed by atoms with Gasteiger partial charge in [0, 0.05) is 6.54 Å². The molecule has 15 heavy (non-hydrogen) atoms. The van der Waals surface area contributed by atoms with E-state index in [0.29, 0.717) is 6.54 Å². The van der Waals surface area contributed by atoms with Crippen LogP contribution in [0.2, 0.25) is 0 Å². The Labute approximate surface area is 91.8 Å². The van der Waals surface area contributed by atoms with Gasteiger partial charge in [0.05, 0.1) is 7.11 Å². The van der Waals surface area contributed by atoms with E-state index >= 15 is 0 Å². The van der Waals surface area contributed by atoms with Crippen molar-refractivity contribution in [2.24, 2.45) is 5.73 Å². The molecule has 1 aromatic carbocycles. The van der Waals surface area contributed by atoms with Gasteiger partial charge < -0.3 is 15.4 Å². The number of rotatable bonds is 5. The van der Waals surface area contributed by atoms with E-state index in [9.17, 15) is 0 Å². The zero-order valence-electron chi connectivity index (χ0n) is 9.79. The van der Waals surface area contributed by atoms with E-state index in [-0.39, 0.29) is 0 Å². The lowest BCUT2D eigenvalue weighted by Gasteiger charge is -2.12. The minimum Gasteiger partial charge on any atom is -0.497 e. The molecule has 0 aliphatic carbocycles. The summed E-state index contributed by atoms with van der Waals surface area (Å²) in [5, 5.41) is 0. The van der Waals surface area contributed by atoms with Gasteiger partial charge >= 0.3 is 0 Å². The molecule has 0 heterocycles. The second kappa shape index (κ2) is 5.73. The molecule has 0 aliphatic heterocycles. The molecule has 0 saturated carbocycles. The average molecular weight is 208 g/mol. The van der Waals surface area contributed by atoms with Crippen LogP contribution in [0.1, 0.15) is 11.1 Å². The number of nitrogens with two attached hydrogens (primary N) is 1. The Hall–Kier alpha value is -1.06. The van der Waals surface area contributed by atoms with Crippen LogP contribution in [-0.4, -0.2) is 32.6 Å². The molecule has 0 spiro atoms. The van der Waals surface area contributed by atoms with E-state index in [4.69, 9.17) is 10.5 Å². The quantitative estimate of drug-likeness (QED) is 0.791. The molecule has 84 valence electrons. The predicted molar refractivity (Wildman–Crippen MR) is 63.1 cm³/mol. The maximum absolute atomic E-state index is 5.55. The van der Waals surface area contributed by atoms with Crippen LogP contribution >= 0.6 is 0 Å². The Bertz CT molecular complexity index is 310. The maximum Gasteiger partial charge on any atom is 0.119 e. The molecular weight excluding hydrogens is 188 g/mol. The fourth-order valence-electron chi connectivity index (χ4n) is 1.61. The second-order valence-corrected chi connectivity index (χ2v) is 3.97. The number of benzene rings is 1. The molecule has 3 heteroatoms. The third-order valence-corrected chi connectivity index (χ3v) is 2.19. The lowest BCUT2D eigenvalue weighted by atomic mass is 10.1. The van der Waals surface area contributed by atoms with Crippen LogP contribution in [0, 0.1) is 0 Å². The first-order valence-corrected chi connectivity index (χ1v) is 5.17. The molecule has 0 bridgehead atoms. The lowest BCUT2D eigenvalue weighted by molar-refractivity contribution is 0.395. The van der Waals surface area contributed by atoms with E-state index in [1.165, 1.54) is 11.1 Å². The molecule has 0 atom stereocenters. The summed E-state index contributed by atoms with van der Waals surface area (Å²) in [6.07, 6.45) is 0.900. The van der Waals surface area contributed by atoms with Gasteiger partial charge in [-0.15, -0.1) is 0 Å². The first kappa shape index (κ1) is 12.0. The van der Waals surface area contributed by atoms with Crippen molar-refractivity contribution in [3.8, 4) is 5.75 Å². The predicted octanol–water partition coefficient (Wildman–Crippen LogP) is 1.26. The Morgan fingerprint density at radius 2 is 1.87 bits per heavy atom. The molecular formula is C12H20N2O. The van der Waals surface area contributed by atoms with Gasteiger partial charge in [0.1, 0.15) is 5.75 Å². The van der Waals surface area contributed by atoms with E-state index in [1.807, 2.05) is 6.07 Å². The second-order valence-electron chi connectivity index (χ2n) is 3.97. The van der Waals surface area contributed by atoms with Crippen LogP contribution in [-0.2, 0) is 13.0 Å². The summed E-state index contributed by atoms with van der Waals surface area (Å²) in [6.45, 7) is 1.60. The molecule has 3 nitrogen and oxygen atoms in total. The molecule has 0 aliphatic rings. The molecule has 1 aromatic rings. The van der Waals surface area contributed by atoms with Crippen molar-refractivity contribution in [2.45, 2.75) is 13.0 Å². The summed E-state index contributed by atoms with van der Waals surface area (Å²) >= 11 is 0. The Kier molecular flexibility index (Phi) is 4.59. The van der Waals surface area contributed by atoms with Gasteiger partial charge in [-0.2, -0.15) is 0 Å². The van der Waals surface area contributed by atoms with Crippen molar-refractivity contribution < 1.29 is 4.74 Å². The van der Waals surface area contributed by atoms with Crippen LogP contribution in [0.5, 0.6) is 5.75 Å². The highest BCUT2D eigenvalue weighted by Gasteiger charge is 2.02. The van der Waals surface area contributed by atoms with E-state index < -0.39 is 0 Å². The summed E-state index contributed by atoms with van der Waals surface area (Å²) in [7, 11) is 5.81. The van der Waals surface area contributed by atoms with Crippen molar-refractivity contribution in [2.75, 3.05) is 27.7 Å². The highest BCUT2D eigenvalue weighted by Crippen LogP contribution is 2.18. The molecule has 0 saturated heterocycles. The Balaban J connectivity index is 2.89. The largest absolute Gasteiger partial charge is 0.497 e. The van der Waals surface area contributed by atoms with Gasteiger partial charge in [0.25, 0.3) is 0 Å². The Morgan fingerprint density at radius 3 is 2.40 bits per heavy atom. The van der Waals surface area contributed by atoms with Crippen LogP contribution in [0.25, 0.3) is 0 Å². The van der Waals surface area contributed by atoms with E-state index in [1.54, 1.807) is 7.11 Å². The van der Waals surface area contributed by atoms with Gasteiger partial charge in [-0.25, -0.2) is 0 Å². The van der Waals surface area contributed by atoms with Crippen LogP contribution in [0.15, 0.2) is 18.2 Å². The van der Waals surface area contributed by atoms with Crippen molar-refractivity contribution in [1.29, 1.82) is 0 Å². The van der Waals surface area contributed by atoms with E-state index in [2.05, 4.69) is 31.1 Å². The SMILES string of the molecule is COc1cc(CCN)cc(CN(C)C)c1. The van der Waals surface area contributed by atoms with Crippen LogP contribution < -0.4 is 10.5 Å². The minimum absolute atomic E-state index is 0.675. The van der Waals surface area contributed by atoms with Crippen LogP contribution in [0.3, 0.4) is 0 Å². The molecule has 1 rings (SSSR count). The molecule has 0 radical (unpaired) electrons. The zero-order valence-corrected chi connectivity index (χ0v) is 9.79. The van der Waals surface area contributed by atoms with Gasteiger partial charge in [0.15, 0.2) is 0 Å². The topological polar surface area (TPSA) is 38.5 Å². The average Bonchev–Trinajstić information content (AvgIpc) is 2.16. The number of methoxy groups -OCH3 is 1. The standard InChI is InChI=1S/C12H20N2O/c1-14(2)9-11-6-10(4-5-13)7-12(8-11)15-3/h6-8H,4-5,9,13H2,1-3H3. The summed E-state index contributed by atoms with van der Waals surface area (Å²) in [4.78, 5) is 2.14. The minimum atomic E-state index is 0.675. The Morgan fingerprint density at radius 1 is 1.20 bits per heavy atom. The molecule has 0 amide bonds. The zero-order chi connectivity index (χ0) is 11.3. The molecule has 0 aromatic heterocycles. The number of hydrogen-bond donors (Lipinski definition) is 1. The third kappa shape index (κ3) is 3.90. The lowest BCUT2D eigenvalue weighted by Crippen LogP contribution is -2.11. The molecule has 0 unspecified atom stereocenters. The number of ether oxygens (including phenoxy) is 1. The van der Waals surface area contributed by atoms with Crippen molar-refractivity contribution in [3.05, 3.63) is 29.3 Å². The highest BCUT2D eigenvalue weighted by atomic mass is 16.5. The third-order valence-electron chi connectivity index (χ3n) is 2.19. The van der Waals surface area contributed by atoms with Gasteiger partial charge in [0.2, 0.25) is 0 Å². The summed E-state index contributed by atoms with van der Waals surface area (Å²) < 4.78 is 5.26. The fraction of sp³-hybridized carbons (Fsp3) is 0.500. The number of hydrogen-bond acceptors (Lipinski definition) is 3. The normalized spacial score (nSPS) is 10.7. The van der Waals surface area contributed by atoms with Crippen molar-refractivity contribution in [1.82, 2.24) is 4.90 Å². The van der Waals surface area contributed by atoms with Gasteiger partial charge in [-0.05, 0) is 50.3 Å². The maximum atomic E-state index is 5.55. The van der Waals surface area contributed by atoms with Crippen molar-refractivity contribution in [3.63, 3.8) is 0 Å². The highest BCUT2D eigenvalue weighted by molar-refractivity contribution is 5.34. The first-order valence-electron chi connectivity index (χ1n) is 5.17. The first-order chi connectivity index (χ1) is 7.15. The fourth-order valence-corrected chi connectivity index (χ4v) is 1.61.